The van der Waals surface area contributed by atoms with Crippen molar-refractivity contribution in [3.8, 4) is 0 Å². The normalized spacial score (nSPS) is 14.3. The van der Waals surface area contributed by atoms with Gasteiger partial charge in [0.25, 0.3) is 0 Å². The molecule has 1 aromatic carbocycles. The lowest BCUT2D eigenvalue weighted by Crippen LogP contribution is -2.58. The molecule has 0 saturated heterocycles. The van der Waals surface area contributed by atoms with Crippen LogP contribution in [0.5, 0.6) is 0 Å². The lowest BCUT2D eigenvalue weighted by atomic mass is 10.1. The van der Waals surface area contributed by atoms with E-state index < -0.39 is 42.3 Å². The van der Waals surface area contributed by atoms with E-state index in [2.05, 4.69) is 90.2 Å². The minimum absolute atomic E-state index is 1.09. The Hall–Kier alpha value is 0.144. The Morgan fingerprint density at radius 1 is 0.655 bits per heavy atom. The van der Waals surface area contributed by atoms with Crippen molar-refractivity contribution in [2.45, 2.75) is 90.9 Å². The maximum absolute atomic E-state index is 6.70. The zero-order chi connectivity index (χ0) is 22.6. The van der Waals surface area contributed by atoms with Crippen molar-refractivity contribution in [2.24, 2.45) is 0 Å². The van der Waals surface area contributed by atoms with E-state index >= 15 is 0 Å². The molecule has 167 valence electrons. The first kappa shape index (κ1) is 27.2. The number of hydrogen-bond donors (Lipinski definition) is 0. The SMILES string of the molecule is C[Si](C)(C)O[Si](C)(C)O[Si](C)(C)O[Si](C)(C)O[Si](C)(C)CCCc1cc[c]cc1. The minimum Gasteiger partial charge on any atom is -0.437 e. The predicted octanol–water partition coefficient (Wildman–Crippen LogP) is 6.63. The Kier molecular flexibility index (Phi) is 9.54. The molecule has 0 bridgehead atoms. The summed E-state index contributed by atoms with van der Waals surface area (Å²) < 4.78 is 26.2. The van der Waals surface area contributed by atoms with Crippen LogP contribution in [0.25, 0.3) is 0 Å². The third-order valence-corrected chi connectivity index (χ3v) is 22.1. The highest BCUT2D eigenvalue weighted by Gasteiger charge is 2.44. The fourth-order valence-corrected chi connectivity index (χ4v) is 27.8. The number of aryl methyl sites for hydroxylation is 1. The first-order valence-electron chi connectivity index (χ1n) is 10.7. The van der Waals surface area contributed by atoms with Gasteiger partial charge in [-0.1, -0.05) is 24.3 Å². The molecule has 0 aliphatic heterocycles. The lowest BCUT2D eigenvalue weighted by Gasteiger charge is -2.42. The van der Waals surface area contributed by atoms with Gasteiger partial charge in [0.2, 0.25) is 0 Å². The molecular formula is C20H43O4Si5. The first-order chi connectivity index (χ1) is 12.9. The molecule has 0 heterocycles. The van der Waals surface area contributed by atoms with Crippen LogP contribution in [0.15, 0.2) is 24.3 Å². The van der Waals surface area contributed by atoms with Gasteiger partial charge in [0.1, 0.15) is 0 Å². The molecule has 0 aromatic heterocycles. The van der Waals surface area contributed by atoms with Crippen LogP contribution in [0, 0.1) is 6.07 Å². The number of benzene rings is 1. The summed E-state index contributed by atoms with van der Waals surface area (Å²) in [5.74, 6) is 0. The van der Waals surface area contributed by atoms with Gasteiger partial charge >= 0.3 is 25.7 Å². The molecule has 0 N–H and O–H groups in total. The topological polar surface area (TPSA) is 36.9 Å². The molecule has 0 aliphatic rings. The second-order valence-corrected chi connectivity index (χ2v) is 30.7. The van der Waals surface area contributed by atoms with Gasteiger partial charge in [-0.15, -0.1) is 0 Å². The monoisotopic (exact) mass is 487 g/mol. The molecule has 1 rings (SSSR count). The molecule has 1 radical (unpaired) electrons. The van der Waals surface area contributed by atoms with Crippen LogP contribution in [-0.2, 0) is 22.9 Å². The highest BCUT2D eigenvalue weighted by molar-refractivity contribution is 6.90. The van der Waals surface area contributed by atoms with Crippen molar-refractivity contribution < 1.29 is 16.5 Å². The van der Waals surface area contributed by atoms with Gasteiger partial charge in [-0.3, -0.25) is 0 Å². The molecule has 9 heteroatoms. The summed E-state index contributed by atoms with van der Waals surface area (Å²) >= 11 is 0. The van der Waals surface area contributed by atoms with Crippen molar-refractivity contribution in [1.82, 2.24) is 0 Å². The summed E-state index contributed by atoms with van der Waals surface area (Å²) in [6.07, 6.45) is 2.24. The molecule has 0 spiro atoms. The van der Waals surface area contributed by atoms with E-state index in [0.717, 1.165) is 18.9 Å². The number of rotatable bonds is 12. The maximum Gasteiger partial charge on any atom is 0.314 e. The van der Waals surface area contributed by atoms with E-state index in [4.69, 9.17) is 16.5 Å². The Morgan fingerprint density at radius 2 is 1.10 bits per heavy atom. The summed E-state index contributed by atoms with van der Waals surface area (Å²) in [6.45, 7) is 24.1. The van der Waals surface area contributed by atoms with Crippen LogP contribution in [0.1, 0.15) is 12.0 Å². The van der Waals surface area contributed by atoms with Crippen molar-refractivity contribution in [1.29, 1.82) is 0 Å². The van der Waals surface area contributed by atoms with E-state index in [1.54, 1.807) is 0 Å². The van der Waals surface area contributed by atoms with Crippen LogP contribution in [0.2, 0.25) is 78.1 Å². The zero-order valence-electron chi connectivity index (χ0n) is 20.6. The van der Waals surface area contributed by atoms with E-state index in [1.807, 2.05) is 12.1 Å². The van der Waals surface area contributed by atoms with Gasteiger partial charge in [-0.05, 0) is 103 Å². The second kappa shape index (κ2) is 10.2. The smallest absolute Gasteiger partial charge is 0.314 e. The summed E-state index contributed by atoms with van der Waals surface area (Å²) in [5.41, 5.74) is 1.37. The Labute approximate surface area is 185 Å². The third-order valence-electron chi connectivity index (χ3n) is 4.09. The molecule has 4 nitrogen and oxygen atoms in total. The molecule has 0 fully saturated rings. The zero-order valence-corrected chi connectivity index (χ0v) is 25.6. The highest BCUT2D eigenvalue weighted by Crippen LogP contribution is 2.27. The number of hydrogen-bond acceptors (Lipinski definition) is 4. The second-order valence-electron chi connectivity index (χ2n) is 10.7. The van der Waals surface area contributed by atoms with Crippen LogP contribution in [-0.4, -0.2) is 42.3 Å². The summed E-state index contributed by atoms with van der Waals surface area (Å²) in [6, 6.07) is 12.5. The van der Waals surface area contributed by atoms with E-state index in [-0.39, 0.29) is 0 Å². The largest absolute Gasteiger partial charge is 0.437 e. The molecule has 0 amide bonds. The molecule has 0 saturated carbocycles. The Bertz CT molecular complexity index is 628. The molecule has 0 unspecified atom stereocenters. The van der Waals surface area contributed by atoms with Crippen molar-refractivity contribution in [2.75, 3.05) is 0 Å². The van der Waals surface area contributed by atoms with Gasteiger partial charge in [-0.2, -0.15) is 0 Å². The van der Waals surface area contributed by atoms with E-state index in [0.29, 0.717) is 0 Å². The lowest BCUT2D eigenvalue weighted by molar-refractivity contribution is 0.299. The van der Waals surface area contributed by atoms with Crippen LogP contribution >= 0.6 is 0 Å². The van der Waals surface area contributed by atoms with E-state index in [9.17, 15) is 0 Å². The molecule has 1 aromatic rings. The highest BCUT2D eigenvalue weighted by atomic mass is 28.5. The molecule has 0 atom stereocenters. The Balaban J connectivity index is 2.62. The average molecular weight is 488 g/mol. The van der Waals surface area contributed by atoms with Crippen molar-refractivity contribution in [3.63, 3.8) is 0 Å². The minimum atomic E-state index is -2.34. The Morgan fingerprint density at radius 3 is 1.59 bits per heavy atom. The molecule has 0 aliphatic carbocycles. The van der Waals surface area contributed by atoms with Crippen LogP contribution in [0.3, 0.4) is 0 Å². The quantitative estimate of drug-likeness (QED) is 0.310. The van der Waals surface area contributed by atoms with Crippen LogP contribution in [0.4, 0.5) is 0 Å². The van der Waals surface area contributed by atoms with Crippen molar-refractivity contribution >= 4 is 42.3 Å². The summed E-state index contributed by atoms with van der Waals surface area (Å²) in [5, 5.41) is 0. The fourth-order valence-electron chi connectivity index (χ4n) is 4.01. The standard InChI is InChI=1S/C20H43O4Si5/c1-25(2,3)21-27(6,7)23-29(10,11)24-28(8,9)22-26(4,5)19-15-18-20-16-13-12-14-17-20/h13-14,16-17H,15,18-19H2,1-11H3. The van der Waals surface area contributed by atoms with Crippen molar-refractivity contribution in [3.05, 3.63) is 35.9 Å². The summed E-state index contributed by atoms with van der Waals surface area (Å²) in [7, 11) is -10.3. The average Bonchev–Trinajstić information content (AvgIpc) is 2.40. The van der Waals surface area contributed by atoms with Gasteiger partial charge < -0.3 is 16.5 Å². The van der Waals surface area contributed by atoms with Gasteiger partial charge in [-0.25, -0.2) is 0 Å². The van der Waals surface area contributed by atoms with Crippen LogP contribution < -0.4 is 0 Å². The van der Waals surface area contributed by atoms with E-state index in [1.165, 1.54) is 5.56 Å². The maximum atomic E-state index is 6.70. The first-order valence-corrected chi connectivity index (χ1v) is 25.6. The summed E-state index contributed by atoms with van der Waals surface area (Å²) in [4.78, 5) is 0. The van der Waals surface area contributed by atoms with Gasteiger partial charge in [0.05, 0.1) is 0 Å². The predicted molar refractivity (Wildman–Crippen MR) is 136 cm³/mol. The van der Waals surface area contributed by atoms with Gasteiger partial charge in [0.15, 0.2) is 16.6 Å². The fraction of sp³-hybridized carbons (Fsp3) is 0.700. The molecular weight excluding hydrogens is 445 g/mol. The molecule has 29 heavy (non-hydrogen) atoms. The third kappa shape index (κ3) is 12.6. The van der Waals surface area contributed by atoms with Gasteiger partial charge in [0, 0.05) is 0 Å².